The molecule has 0 aromatic heterocycles. The highest BCUT2D eigenvalue weighted by Gasteiger charge is 2.18. The van der Waals surface area contributed by atoms with Crippen LogP contribution in [0.4, 0.5) is 0 Å². The van der Waals surface area contributed by atoms with Crippen LogP contribution in [-0.2, 0) is 9.53 Å². The van der Waals surface area contributed by atoms with Gasteiger partial charge in [-0.05, 0) is 26.9 Å². The van der Waals surface area contributed by atoms with Crippen molar-refractivity contribution < 1.29 is 14.6 Å². The molecule has 0 aromatic carbocycles. The number of hydrogen-bond acceptors (Lipinski definition) is 3. The molecule has 4 heteroatoms. The molecule has 0 amide bonds. The fourth-order valence-electron chi connectivity index (χ4n) is 0.934. The van der Waals surface area contributed by atoms with Gasteiger partial charge in [0, 0.05) is 6.42 Å². The van der Waals surface area contributed by atoms with Gasteiger partial charge in [0.15, 0.2) is 5.52 Å². The van der Waals surface area contributed by atoms with Crippen molar-refractivity contribution in [3.8, 4) is 0 Å². The van der Waals surface area contributed by atoms with Crippen LogP contribution < -0.4 is 0 Å². The molecule has 3 nitrogen and oxygen atoms in total. The number of carbonyl (C=O) groups excluding carboxylic acids is 1. The summed E-state index contributed by atoms with van der Waals surface area (Å²) < 4.78 is 5.37. The zero-order valence-corrected chi connectivity index (χ0v) is 9.59. The molecule has 0 fully saturated rings. The average Bonchev–Trinajstić information content (AvgIpc) is 2.11. The lowest BCUT2D eigenvalue weighted by molar-refractivity contribution is -0.113. The van der Waals surface area contributed by atoms with E-state index >= 15 is 0 Å². The van der Waals surface area contributed by atoms with Gasteiger partial charge >= 0.3 is 0 Å². The van der Waals surface area contributed by atoms with Crippen LogP contribution in [0.2, 0.25) is 0 Å². The molecule has 0 rings (SSSR count). The summed E-state index contributed by atoms with van der Waals surface area (Å²) in [5.74, 6) is 0. The minimum Gasteiger partial charge on any atom is -0.394 e. The Balaban J connectivity index is 3.67. The highest BCUT2D eigenvalue weighted by molar-refractivity contribution is 7.57. The number of aliphatic hydroxyl groups is 1. The lowest BCUT2D eigenvalue weighted by Gasteiger charge is -2.24. The molecule has 13 heavy (non-hydrogen) atoms. The van der Waals surface area contributed by atoms with Crippen LogP contribution in [0.1, 0.15) is 26.7 Å². The van der Waals surface area contributed by atoms with Crippen LogP contribution in [0.15, 0.2) is 0 Å². The van der Waals surface area contributed by atoms with E-state index in [-0.39, 0.29) is 12.2 Å². The van der Waals surface area contributed by atoms with Gasteiger partial charge in [-0.25, -0.2) is 0 Å². The second kappa shape index (κ2) is 6.47. The summed E-state index contributed by atoms with van der Waals surface area (Å²) in [6.45, 7) is 6.15. The van der Waals surface area contributed by atoms with Gasteiger partial charge in [-0.3, -0.25) is 4.79 Å². The first-order valence-corrected chi connectivity index (χ1v) is 5.97. The van der Waals surface area contributed by atoms with Crippen LogP contribution in [0, 0.1) is 0 Å². The molecule has 0 saturated heterocycles. The number of rotatable bonds is 7. The van der Waals surface area contributed by atoms with E-state index < -0.39 is 0 Å². The van der Waals surface area contributed by atoms with Gasteiger partial charge in [0.2, 0.25) is 0 Å². The Morgan fingerprint density at radius 2 is 2.15 bits per heavy atom. The molecular weight excluding hydrogens is 187 g/mol. The van der Waals surface area contributed by atoms with Gasteiger partial charge in [-0.1, -0.05) is 8.58 Å². The van der Waals surface area contributed by atoms with Gasteiger partial charge in [0.25, 0.3) is 0 Å². The van der Waals surface area contributed by atoms with Crippen molar-refractivity contribution >= 4 is 14.1 Å². The smallest absolute Gasteiger partial charge is 0.151 e. The topological polar surface area (TPSA) is 46.5 Å². The Hall–Kier alpha value is 0.0200. The Labute approximate surface area is 81.6 Å². The van der Waals surface area contributed by atoms with E-state index in [0.29, 0.717) is 27.1 Å². The van der Waals surface area contributed by atoms with Crippen LogP contribution in [0.25, 0.3) is 0 Å². The minimum absolute atomic E-state index is 0.0346. The van der Waals surface area contributed by atoms with Crippen molar-refractivity contribution in [2.24, 2.45) is 0 Å². The normalized spacial score (nSPS) is 12.6. The molecule has 0 heterocycles. The van der Waals surface area contributed by atoms with Gasteiger partial charge in [0.05, 0.1) is 18.8 Å². The van der Waals surface area contributed by atoms with Crippen LogP contribution in [0.5, 0.6) is 0 Å². The standard InChI is InChI=1S/C9H19O3P/c1-9(2,12-7-6-10)5-4-8(11)13-3/h10,13H,4-7H2,1-3H3. The second-order valence-electron chi connectivity index (χ2n) is 3.50. The van der Waals surface area contributed by atoms with E-state index in [0.717, 1.165) is 6.42 Å². The van der Waals surface area contributed by atoms with Crippen molar-refractivity contribution in [1.29, 1.82) is 0 Å². The summed E-state index contributed by atoms with van der Waals surface area (Å²) in [4.78, 5) is 11.0. The molecule has 1 atom stereocenters. The monoisotopic (exact) mass is 206 g/mol. The van der Waals surface area contributed by atoms with Crippen molar-refractivity contribution in [2.75, 3.05) is 19.9 Å². The highest BCUT2D eigenvalue weighted by Crippen LogP contribution is 2.20. The summed E-state index contributed by atoms with van der Waals surface area (Å²) in [5, 5.41) is 8.56. The lowest BCUT2D eigenvalue weighted by Crippen LogP contribution is -2.26. The van der Waals surface area contributed by atoms with E-state index in [1.54, 1.807) is 0 Å². The molecule has 1 N–H and O–H groups in total. The van der Waals surface area contributed by atoms with Gasteiger partial charge < -0.3 is 9.84 Å². The molecule has 0 aliphatic carbocycles. The molecule has 0 radical (unpaired) electrons. The molecule has 0 bridgehead atoms. The van der Waals surface area contributed by atoms with Crippen LogP contribution in [-0.4, -0.2) is 36.1 Å². The zero-order chi connectivity index (χ0) is 10.3. The second-order valence-corrected chi connectivity index (χ2v) is 4.56. The fourth-order valence-corrected chi connectivity index (χ4v) is 1.31. The third-order valence-electron chi connectivity index (χ3n) is 1.82. The lowest BCUT2D eigenvalue weighted by atomic mass is 10.0. The molecule has 78 valence electrons. The predicted octanol–water partition coefficient (Wildman–Crippen LogP) is 1.39. The Kier molecular flexibility index (Phi) is 6.48. The van der Waals surface area contributed by atoms with Gasteiger partial charge in [-0.2, -0.15) is 0 Å². The van der Waals surface area contributed by atoms with Crippen molar-refractivity contribution in [3.05, 3.63) is 0 Å². The summed E-state index contributed by atoms with van der Waals surface area (Å²) in [7, 11) is 0.376. The number of hydrogen-bond donors (Lipinski definition) is 1. The highest BCUT2D eigenvalue weighted by atomic mass is 31.1. The maximum Gasteiger partial charge on any atom is 0.151 e. The maximum atomic E-state index is 11.0. The van der Waals surface area contributed by atoms with Gasteiger partial charge in [-0.15, -0.1) is 0 Å². The van der Waals surface area contributed by atoms with Crippen LogP contribution >= 0.6 is 8.58 Å². The Bertz CT molecular complexity index is 157. The quantitative estimate of drug-likeness (QED) is 0.640. The first-order chi connectivity index (χ1) is 6.02. The van der Waals surface area contributed by atoms with E-state index in [4.69, 9.17) is 9.84 Å². The van der Waals surface area contributed by atoms with Crippen molar-refractivity contribution in [1.82, 2.24) is 0 Å². The third kappa shape index (κ3) is 7.12. The first kappa shape index (κ1) is 13.0. The third-order valence-corrected chi connectivity index (χ3v) is 2.62. The van der Waals surface area contributed by atoms with E-state index in [1.165, 1.54) is 0 Å². The number of ether oxygens (including phenoxy) is 1. The molecule has 0 aromatic rings. The predicted molar refractivity (Wildman–Crippen MR) is 55.6 cm³/mol. The molecule has 0 spiro atoms. The molecule has 0 aliphatic heterocycles. The number of aliphatic hydroxyl groups excluding tert-OH is 1. The van der Waals surface area contributed by atoms with E-state index in [2.05, 4.69) is 0 Å². The summed E-state index contributed by atoms with van der Waals surface area (Å²) in [5.41, 5.74) is -0.00132. The molecule has 0 aliphatic rings. The molecular formula is C9H19O3P. The zero-order valence-electron chi connectivity index (χ0n) is 8.59. The Morgan fingerprint density at radius 1 is 1.54 bits per heavy atom. The number of carbonyl (C=O) groups is 1. The summed E-state index contributed by atoms with van der Waals surface area (Å²) in [6, 6.07) is 0. The minimum atomic E-state index is -0.294. The van der Waals surface area contributed by atoms with Crippen molar-refractivity contribution in [2.45, 2.75) is 32.3 Å². The SMILES string of the molecule is CPC(=O)CCC(C)(C)OCCO. The largest absolute Gasteiger partial charge is 0.394 e. The van der Waals surface area contributed by atoms with Crippen LogP contribution in [0.3, 0.4) is 0 Å². The maximum absolute atomic E-state index is 11.0. The van der Waals surface area contributed by atoms with Crippen molar-refractivity contribution in [3.63, 3.8) is 0 Å². The molecule has 0 saturated carbocycles. The summed E-state index contributed by atoms with van der Waals surface area (Å²) >= 11 is 0. The van der Waals surface area contributed by atoms with Gasteiger partial charge in [0.1, 0.15) is 0 Å². The summed E-state index contributed by atoms with van der Waals surface area (Å²) in [6.07, 6.45) is 1.31. The Morgan fingerprint density at radius 3 is 2.62 bits per heavy atom. The first-order valence-electron chi connectivity index (χ1n) is 4.47. The fraction of sp³-hybridized carbons (Fsp3) is 0.889. The molecule has 1 unspecified atom stereocenters. The van der Waals surface area contributed by atoms with E-state index in [1.807, 2.05) is 20.5 Å². The van der Waals surface area contributed by atoms with E-state index in [9.17, 15) is 4.79 Å². The average molecular weight is 206 g/mol.